The zero-order chi connectivity index (χ0) is 17.6. The van der Waals surface area contributed by atoms with Crippen molar-refractivity contribution < 1.29 is 18.0 Å². The largest absolute Gasteiger partial charge is 0.417 e. The molecule has 0 amide bonds. The number of hydrogen-bond acceptors (Lipinski definition) is 3. The van der Waals surface area contributed by atoms with Gasteiger partial charge in [-0.2, -0.15) is 13.2 Å². The van der Waals surface area contributed by atoms with E-state index >= 15 is 0 Å². The number of aromatic nitrogens is 1. The molecule has 124 valence electrons. The molecular weight excluding hydrogens is 309 g/mol. The summed E-state index contributed by atoms with van der Waals surface area (Å²) in [6.45, 7) is 5.06. The van der Waals surface area contributed by atoms with Gasteiger partial charge in [0.2, 0.25) is 0 Å². The number of rotatable bonds is 3. The molecule has 0 aliphatic rings. The lowest BCUT2D eigenvalue weighted by Crippen LogP contribution is -2.29. The molecule has 23 heavy (non-hydrogen) atoms. The monoisotopic (exact) mass is 326 g/mol. The Bertz CT molecular complexity index is 836. The maximum absolute atomic E-state index is 13.1. The molecule has 1 aromatic heterocycles. The van der Waals surface area contributed by atoms with Crippen LogP contribution in [0.5, 0.6) is 0 Å². The van der Waals surface area contributed by atoms with E-state index in [1.54, 1.807) is 0 Å². The van der Waals surface area contributed by atoms with Crippen molar-refractivity contribution in [2.75, 3.05) is 5.84 Å². The summed E-state index contributed by atoms with van der Waals surface area (Å²) in [5.74, 6) is 5.58. The highest BCUT2D eigenvalue weighted by molar-refractivity contribution is 5.84. The molecule has 1 aromatic carbocycles. The van der Waals surface area contributed by atoms with Crippen LogP contribution in [0.2, 0.25) is 0 Å². The Hall–Kier alpha value is -2.31. The molecule has 0 saturated heterocycles. The minimum Gasteiger partial charge on any atom is -0.336 e. The first-order valence-electron chi connectivity index (χ1n) is 6.95. The van der Waals surface area contributed by atoms with Gasteiger partial charge in [-0.25, -0.2) is 4.68 Å². The SMILES string of the molecule is CC(=O)CC(C)(C)c1ccc2c(C(F)(F)F)cc(=O)n(N)c2c1. The van der Waals surface area contributed by atoms with Crippen LogP contribution in [0.1, 0.15) is 38.3 Å². The average Bonchev–Trinajstić information content (AvgIpc) is 2.39. The summed E-state index contributed by atoms with van der Waals surface area (Å²) in [5, 5.41) is -0.151. The molecule has 2 N–H and O–H groups in total. The van der Waals surface area contributed by atoms with E-state index in [9.17, 15) is 22.8 Å². The van der Waals surface area contributed by atoms with Crippen molar-refractivity contribution in [1.82, 2.24) is 4.68 Å². The van der Waals surface area contributed by atoms with E-state index in [0.29, 0.717) is 16.3 Å². The summed E-state index contributed by atoms with van der Waals surface area (Å²) < 4.78 is 40.0. The van der Waals surface area contributed by atoms with Crippen LogP contribution >= 0.6 is 0 Å². The van der Waals surface area contributed by atoms with Crippen LogP contribution in [0.4, 0.5) is 13.2 Å². The van der Waals surface area contributed by atoms with E-state index in [1.165, 1.54) is 25.1 Å². The first-order chi connectivity index (χ1) is 10.4. The Kier molecular flexibility index (Phi) is 4.00. The third kappa shape index (κ3) is 3.23. The van der Waals surface area contributed by atoms with Crippen LogP contribution in [0.25, 0.3) is 10.9 Å². The Balaban J connectivity index is 2.76. The molecule has 4 nitrogen and oxygen atoms in total. The number of ketones is 1. The van der Waals surface area contributed by atoms with Crippen LogP contribution < -0.4 is 11.4 Å². The van der Waals surface area contributed by atoms with Crippen molar-refractivity contribution in [3.05, 3.63) is 45.7 Å². The van der Waals surface area contributed by atoms with Gasteiger partial charge >= 0.3 is 6.18 Å². The molecular formula is C16H17F3N2O2. The zero-order valence-corrected chi connectivity index (χ0v) is 13.0. The smallest absolute Gasteiger partial charge is 0.336 e. The lowest BCUT2D eigenvalue weighted by Gasteiger charge is -2.25. The predicted octanol–water partition coefficient (Wildman–Crippen LogP) is 2.99. The van der Waals surface area contributed by atoms with E-state index in [1.807, 2.05) is 13.8 Å². The summed E-state index contributed by atoms with van der Waals surface area (Å²) in [6.07, 6.45) is -4.42. The van der Waals surface area contributed by atoms with Gasteiger partial charge in [0.15, 0.2) is 0 Å². The van der Waals surface area contributed by atoms with Crippen LogP contribution in [-0.2, 0) is 16.4 Å². The second kappa shape index (κ2) is 5.40. The number of alkyl halides is 3. The van der Waals surface area contributed by atoms with Crippen LogP contribution in [0.15, 0.2) is 29.1 Å². The number of halogens is 3. The van der Waals surface area contributed by atoms with Gasteiger partial charge in [0.25, 0.3) is 5.56 Å². The number of fused-ring (bicyclic) bond motifs is 1. The molecule has 0 radical (unpaired) electrons. The van der Waals surface area contributed by atoms with Gasteiger partial charge in [0, 0.05) is 17.9 Å². The Labute approximate surface area is 130 Å². The lowest BCUT2D eigenvalue weighted by molar-refractivity contribution is -0.136. The van der Waals surface area contributed by atoms with Crippen molar-refractivity contribution in [3.8, 4) is 0 Å². The summed E-state index contributed by atoms with van der Waals surface area (Å²) >= 11 is 0. The molecule has 0 unspecified atom stereocenters. The van der Waals surface area contributed by atoms with Crippen LogP contribution in [0.3, 0.4) is 0 Å². The second-order valence-corrected chi connectivity index (χ2v) is 6.26. The minimum absolute atomic E-state index is 0.0149. The highest BCUT2D eigenvalue weighted by Gasteiger charge is 2.34. The Morgan fingerprint density at radius 2 is 1.83 bits per heavy atom. The molecule has 1 heterocycles. The molecule has 0 spiro atoms. The number of nitrogens with zero attached hydrogens (tertiary/aromatic N) is 1. The number of pyridine rings is 1. The first-order valence-corrected chi connectivity index (χ1v) is 6.95. The third-order valence-corrected chi connectivity index (χ3v) is 3.83. The second-order valence-electron chi connectivity index (χ2n) is 6.26. The number of Topliss-reactive ketones (excluding diaryl/α,β-unsaturated/α-hetero) is 1. The zero-order valence-electron chi connectivity index (χ0n) is 13.0. The number of benzene rings is 1. The highest BCUT2D eigenvalue weighted by Crippen LogP contribution is 2.35. The maximum Gasteiger partial charge on any atom is 0.417 e. The van der Waals surface area contributed by atoms with Crippen molar-refractivity contribution in [2.45, 2.75) is 38.8 Å². The number of carbonyl (C=O) groups is 1. The number of carbonyl (C=O) groups excluding carboxylic acids is 1. The van der Waals surface area contributed by atoms with Gasteiger partial charge in [0.1, 0.15) is 5.78 Å². The molecule has 0 fully saturated rings. The standard InChI is InChI=1S/C16H17F3N2O2/c1-9(22)8-15(2,3)10-4-5-11-12(16(17,18)19)7-14(23)21(20)13(11)6-10/h4-7H,8,20H2,1-3H3. The van der Waals surface area contributed by atoms with E-state index in [2.05, 4.69) is 0 Å². The van der Waals surface area contributed by atoms with E-state index in [4.69, 9.17) is 5.84 Å². The van der Waals surface area contributed by atoms with Gasteiger partial charge in [0.05, 0.1) is 11.1 Å². The first kappa shape index (κ1) is 17.1. The highest BCUT2D eigenvalue weighted by atomic mass is 19.4. The molecule has 7 heteroatoms. The fraction of sp³-hybridized carbons (Fsp3) is 0.375. The van der Waals surface area contributed by atoms with E-state index in [0.717, 1.165) is 0 Å². The van der Waals surface area contributed by atoms with Crippen LogP contribution in [0, 0.1) is 0 Å². The molecule has 0 atom stereocenters. The van der Waals surface area contributed by atoms with Crippen molar-refractivity contribution >= 4 is 16.7 Å². The molecule has 0 aliphatic carbocycles. The lowest BCUT2D eigenvalue weighted by atomic mass is 9.80. The van der Waals surface area contributed by atoms with Crippen molar-refractivity contribution in [3.63, 3.8) is 0 Å². The van der Waals surface area contributed by atoms with E-state index < -0.39 is 22.7 Å². The Morgan fingerprint density at radius 1 is 1.22 bits per heavy atom. The summed E-state index contributed by atoms with van der Waals surface area (Å²) in [4.78, 5) is 23.1. The summed E-state index contributed by atoms with van der Waals surface area (Å²) in [5.41, 5.74) is -1.91. The summed E-state index contributed by atoms with van der Waals surface area (Å²) in [7, 11) is 0. The number of hydrogen-bond donors (Lipinski definition) is 1. The van der Waals surface area contributed by atoms with Gasteiger partial charge in [-0.15, -0.1) is 0 Å². The fourth-order valence-corrected chi connectivity index (χ4v) is 2.73. The third-order valence-electron chi connectivity index (χ3n) is 3.83. The fourth-order valence-electron chi connectivity index (χ4n) is 2.73. The normalized spacial score (nSPS) is 12.6. The van der Waals surface area contributed by atoms with Gasteiger partial charge in [-0.05, 0) is 24.0 Å². The minimum atomic E-state index is -4.65. The molecule has 0 bridgehead atoms. The Morgan fingerprint density at radius 3 is 2.35 bits per heavy atom. The summed E-state index contributed by atoms with van der Waals surface area (Å²) in [6, 6.07) is 4.75. The molecule has 0 aliphatic heterocycles. The molecule has 2 rings (SSSR count). The molecule has 0 saturated carbocycles. The van der Waals surface area contributed by atoms with Crippen molar-refractivity contribution in [2.24, 2.45) is 0 Å². The number of nitrogen functional groups attached to an aromatic ring is 1. The van der Waals surface area contributed by atoms with Gasteiger partial charge in [-0.1, -0.05) is 26.0 Å². The van der Waals surface area contributed by atoms with Gasteiger partial charge < -0.3 is 5.84 Å². The number of nitrogens with two attached hydrogens (primary N) is 1. The topological polar surface area (TPSA) is 65.1 Å². The average molecular weight is 326 g/mol. The predicted molar refractivity (Wildman–Crippen MR) is 81.7 cm³/mol. The quantitative estimate of drug-likeness (QED) is 0.882. The van der Waals surface area contributed by atoms with Crippen LogP contribution in [-0.4, -0.2) is 10.5 Å². The molecule has 2 aromatic rings. The maximum atomic E-state index is 13.1. The van der Waals surface area contributed by atoms with Crippen molar-refractivity contribution in [1.29, 1.82) is 0 Å². The van der Waals surface area contributed by atoms with E-state index in [-0.39, 0.29) is 23.1 Å². The van der Waals surface area contributed by atoms with Gasteiger partial charge in [-0.3, -0.25) is 9.59 Å².